The van der Waals surface area contributed by atoms with Crippen LogP contribution in [0.4, 0.5) is 17.6 Å². The molecular weight excluding hydrogens is 328 g/mol. The Morgan fingerprint density at radius 3 is 2.75 bits per heavy atom. The first-order chi connectivity index (χ1) is 11.3. The fourth-order valence-electron chi connectivity index (χ4n) is 3.11. The quantitative estimate of drug-likeness (QED) is 0.871. The summed E-state index contributed by atoms with van der Waals surface area (Å²) in [7, 11) is 0. The van der Waals surface area contributed by atoms with Crippen LogP contribution in [0.5, 0.6) is 0 Å². The van der Waals surface area contributed by atoms with Crippen LogP contribution in [-0.4, -0.2) is 17.3 Å². The summed E-state index contributed by atoms with van der Waals surface area (Å²) in [5, 5.41) is 3.20. The van der Waals surface area contributed by atoms with E-state index in [1.165, 1.54) is 17.1 Å². The molecule has 24 heavy (non-hydrogen) atoms. The summed E-state index contributed by atoms with van der Waals surface area (Å²) in [5.41, 5.74) is -0.967. The zero-order chi connectivity index (χ0) is 17.3. The van der Waals surface area contributed by atoms with Crippen LogP contribution in [0.2, 0.25) is 0 Å². The molecule has 130 valence electrons. The molecule has 2 heterocycles. The number of hydrogen-bond donors (Lipinski definition) is 1. The Morgan fingerprint density at radius 2 is 2.08 bits per heavy atom. The van der Waals surface area contributed by atoms with Gasteiger partial charge in [0, 0.05) is 12.1 Å². The molecule has 1 aromatic heterocycles. The lowest BCUT2D eigenvalue weighted by atomic mass is 9.93. The smallest absolute Gasteiger partial charge is 0.384 e. The van der Waals surface area contributed by atoms with E-state index in [1.54, 1.807) is 0 Å². The van der Waals surface area contributed by atoms with E-state index < -0.39 is 17.6 Å². The van der Waals surface area contributed by atoms with Gasteiger partial charge in [-0.3, -0.25) is 4.79 Å². The Morgan fingerprint density at radius 1 is 1.29 bits per heavy atom. The molecule has 8 heteroatoms. The second kappa shape index (κ2) is 6.43. The van der Waals surface area contributed by atoms with Crippen molar-refractivity contribution in [1.82, 2.24) is 10.1 Å². The maximum absolute atomic E-state index is 13.5. The number of nitrogens with one attached hydrogen (secondary N) is 1. The zero-order valence-corrected chi connectivity index (χ0v) is 12.6. The van der Waals surface area contributed by atoms with Crippen molar-refractivity contribution in [2.75, 3.05) is 6.54 Å². The fourth-order valence-corrected chi connectivity index (χ4v) is 3.11. The van der Waals surface area contributed by atoms with Crippen LogP contribution in [-0.2, 0) is 12.6 Å². The number of rotatable bonds is 3. The van der Waals surface area contributed by atoms with Crippen molar-refractivity contribution in [1.29, 1.82) is 0 Å². The van der Waals surface area contributed by atoms with Crippen molar-refractivity contribution >= 4 is 0 Å². The van der Waals surface area contributed by atoms with Gasteiger partial charge in [0.05, 0.1) is 11.6 Å². The van der Waals surface area contributed by atoms with Gasteiger partial charge < -0.3 is 9.84 Å². The molecule has 2 aromatic rings. The predicted molar refractivity (Wildman–Crippen MR) is 78.1 cm³/mol. The minimum Gasteiger partial charge on any atom is -0.384 e. The lowest BCUT2D eigenvalue weighted by Crippen LogP contribution is -2.41. The van der Waals surface area contributed by atoms with E-state index in [-0.39, 0.29) is 29.6 Å². The second-order valence-corrected chi connectivity index (χ2v) is 5.95. The van der Waals surface area contributed by atoms with E-state index >= 15 is 0 Å². The summed E-state index contributed by atoms with van der Waals surface area (Å²) < 4.78 is 58.3. The number of piperidine rings is 1. The van der Waals surface area contributed by atoms with Crippen LogP contribution in [0, 0.1) is 5.82 Å². The highest BCUT2D eigenvalue weighted by atomic mass is 19.4. The molecule has 0 bridgehead atoms. The van der Waals surface area contributed by atoms with Gasteiger partial charge in [0.25, 0.3) is 5.56 Å². The topological polar surface area (TPSA) is 47.2 Å². The molecule has 1 aliphatic heterocycles. The van der Waals surface area contributed by atoms with Gasteiger partial charge in [-0.2, -0.15) is 17.9 Å². The van der Waals surface area contributed by atoms with Gasteiger partial charge in [0.2, 0.25) is 0 Å². The molecule has 0 radical (unpaired) electrons. The minimum atomic E-state index is -4.58. The highest BCUT2D eigenvalue weighted by Gasteiger charge is 2.32. The molecule has 0 amide bonds. The van der Waals surface area contributed by atoms with Crippen LogP contribution in [0.3, 0.4) is 0 Å². The maximum atomic E-state index is 13.5. The molecule has 1 aromatic carbocycles. The average molecular weight is 344 g/mol. The van der Waals surface area contributed by atoms with Crippen LogP contribution in [0.15, 0.2) is 39.8 Å². The van der Waals surface area contributed by atoms with Crippen molar-refractivity contribution in [3.63, 3.8) is 0 Å². The fraction of sp³-hybridized carbons (Fsp3) is 0.438. The SMILES string of the molecule is O=c1ccon1[C@H]1CCN[C@H](Cc2cc(F)cc(C(F)(F)F)c2)C1. The molecule has 1 fully saturated rings. The Bertz CT molecular complexity index is 766. The molecule has 0 unspecified atom stereocenters. The molecule has 0 spiro atoms. The Labute approximate surface area is 135 Å². The van der Waals surface area contributed by atoms with Crippen LogP contribution < -0.4 is 10.9 Å². The molecule has 3 rings (SSSR count). The number of nitrogens with zero attached hydrogens (tertiary/aromatic N) is 1. The van der Waals surface area contributed by atoms with E-state index in [4.69, 9.17) is 4.52 Å². The monoisotopic (exact) mass is 344 g/mol. The van der Waals surface area contributed by atoms with Crippen LogP contribution in [0.25, 0.3) is 0 Å². The lowest BCUT2D eigenvalue weighted by molar-refractivity contribution is -0.137. The van der Waals surface area contributed by atoms with Gasteiger partial charge >= 0.3 is 6.18 Å². The maximum Gasteiger partial charge on any atom is 0.416 e. The van der Waals surface area contributed by atoms with Crippen molar-refractivity contribution in [2.24, 2.45) is 0 Å². The predicted octanol–water partition coefficient (Wildman–Crippen LogP) is 3.14. The van der Waals surface area contributed by atoms with Crippen molar-refractivity contribution in [3.8, 4) is 0 Å². The summed E-state index contributed by atoms with van der Waals surface area (Å²) in [4.78, 5) is 11.7. The van der Waals surface area contributed by atoms with E-state index in [0.29, 0.717) is 25.5 Å². The molecule has 2 atom stereocenters. The number of halogens is 4. The molecule has 1 aliphatic rings. The number of aromatic nitrogens is 1. The van der Waals surface area contributed by atoms with Gasteiger partial charge in [0.1, 0.15) is 12.1 Å². The van der Waals surface area contributed by atoms with Crippen molar-refractivity contribution < 1.29 is 22.1 Å². The lowest BCUT2D eigenvalue weighted by Gasteiger charge is -2.30. The summed E-state index contributed by atoms with van der Waals surface area (Å²) in [6.07, 6.45) is -1.83. The summed E-state index contributed by atoms with van der Waals surface area (Å²) in [6.45, 7) is 0.601. The summed E-state index contributed by atoms with van der Waals surface area (Å²) >= 11 is 0. The first-order valence-corrected chi connectivity index (χ1v) is 7.59. The van der Waals surface area contributed by atoms with Gasteiger partial charge in [-0.05, 0) is 49.6 Å². The van der Waals surface area contributed by atoms with Crippen molar-refractivity contribution in [2.45, 2.75) is 37.5 Å². The number of benzene rings is 1. The summed E-state index contributed by atoms with van der Waals surface area (Å²) in [6, 6.07) is 3.56. The van der Waals surface area contributed by atoms with E-state index in [9.17, 15) is 22.4 Å². The van der Waals surface area contributed by atoms with E-state index in [0.717, 1.165) is 12.1 Å². The summed E-state index contributed by atoms with van der Waals surface area (Å²) in [5.74, 6) is -0.908. The highest BCUT2D eigenvalue weighted by molar-refractivity contribution is 5.27. The normalized spacial score (nSPS) is 21.8. The molecule has 0 aliphatic carbocycles. The van der Waals surface area contributed by atoms with Gasteiger partial charge in [-0.1, -0.05) is 0 Å². The van der Waals surface area contributed by atoms with Crippen molar-refractivity contribution in [3.05, 3.63) is 57.8 Å². The molecule has 1 saturated heterocycles. The average Bonchev–Trinajstić information content (AvgIpc) is 2.92. The van der Waals surface area contributed by atoms with Crippen LogP contribution in [0.1, 0.15) is 30.0 Å². The first kappa shape index (κ1) is 16.8. The van der Waals surface area contributed by atoms with Gasteiger partial charge in [-0.25, -0.2) is 4.39 Å². The third kappa shape index (κ3) is 3.69. The zero-order valence-electron chi connectivity index (χ0n) is 12.6. The standard InChI is InChI=1S/C16H16F4N2O2/c17-12-6-10(5-11(8-12)16(18,19)20)7-13-9-14(1-3-21-13)22-15(23)2-4-24-22/h2,4-6,8,13-14,21H,1,3,7,9H2/t13-,14+/m1/s1. The molecule has 0 saturated carbocycles. The Kier molecular flexibility index (Phi) is 4.49. The first-order valence-electron chi connectivity index (χ1n) is 7.59. The highest BCUT2D eigenvalue weighted by Crippen LogP contribution is 2.31. The van der Waals surface area contributed by atoms with Gasteiger partial charge in [0.15, 0.2) is 0 Å². The third-order valence-corrected chi connectivity index (χ3v) is 4.17. The molecule has 1 N–H and O–H groups in total. The van der Waals surface area contributed by atoms with E-state index in [2.05, 4.69) is 5.32 Å². The Hall–Kier alpha value is -2.09. The number of hydrogen-bond acceptors (Lipinski definition) is 3. The minimum absolute atomic E-state index is 0.158. The third-order valence-electron chi connectivity index (χ3n) is 4.17. The van der Waals surface area contributed by atoms with E-state index in [1.807, 2.05) is 0 Å². The van der Waals surface area contributed by atoms with Crippen LogP contribution >= 0.6 is 0 Å². The second-order valence-electron chi connectivity index (χ2n) is 5.95. The number of alkyl halides is 3. The molecular formula is C16H16F4N2O2. The molecule has 4 nitrogen and oxygen atoms in total. The Balaban J connectivity index is 1.75. The largest absolute Gasteiger partial charge is 0.416 e. The van der Waals surface area contributed by atoms with Gasteiger partial charge in [-0.15, -0.1) is 0 Å².